The van der Waals surface area contributed by atoms with Crippen LogP contribution in [0.1, 0.15) is 33.1 Å². The molecule has 0 bridgehead atoms. The Hall–Kier alpha value is -3.56. The van der Waals surface area contributed by atoms with E-state index in [4.69, 9.17) is 16.0 Å². The van der Waals surface area contributed by atoms with Crippen molar-refractivity contribution in [3.63, 3.8) is 0 Å². The number of nitrogens with zero attached hydrogens (tertiary/aromatic N) is 4. The van der Waals surface area contributed by atoms with Gasteiger partial charge >= 0.3 is 0 Å². The van der Waals surface area contributed by atoms with Crippen LogP contribution in [0.2, 0.25) is 5.02 Å². The van der Waals surface area contributed by atoms with Crippen LogP contribution in [-0.4, -0.2) is 42.0 Å². The van der Waals surface area contributed by atoms with Gasteiger partial charge in [-0.15, -0.1) is 0 Å². The molecular formula is C24H21ClN4O2. The van der Waals surface area contributed by atoms with Crippen molar-refractivity contribution < 1.29 is 9.21 Å². The number of oxazole rings is 1. The third kappa shape index (κ3) is 4.62. The number of halogens is 1. The molecule has 0 saturated carbocycles. The second-order valence-corrected chi connectivity index (χ2v) is 7.73. The summed E-state index contributed by atoms with van der Waals surface area (Å²) in [6.07, 6.45) is 3.66. The topological polar surface area (TPSA) is 73.4 Å². The highest BCUT2D eigenvalue weighted by Crippen LogP contribution is 2.25. The van der Waals surface area contributed by atoms with E-state index in [1.54, 1.807) is 35.2 Å². The van der Waals surface area contributed by atoms with E-state index >= 15 is 0 Å². The van der Waals surface area contributed by atoms with E-state index in [2.05, 4.69) is 11.1 Å². The van der Waals surface area contributed by atoms with Crippen molar-refractivity contribution in [2.24, 2.45) is 0 Å². The zero-order chi connectivity index (χ0) is 21.8. The van der Waals surface area contributed by atoms with Crippen LogP contribution in [-0.2, 0) is 0 Å². The van der Waals surface area contributed by atoms with E-state index in [0.717, 1.165) is 5.56 Å². The molecule has 4 rings (SSSR count). The number of benzene rings is 2. The Bertz CT molecular complexity index is 1150. The number of hydrogen-bond acceptors (Lipinski definition) is 5. The smallest absolute Gasteiger partial charge is 0.255 e. The summed E-state index contributed by atoms with van der Waals surface area (Å²) in [6.45, 7) is 4.13. The molecule has 7 heteroatoms. The number of anilines is 1. The standard InChI is InChI=1S/C24H21ClN4O2/c1-17-6-8-18(9-7-17)10-11-22-27-21(16-26)24(31-22)29-14-12-28(13-15-29)23(30)19-4-2-3-5-20(19)25/h2-11H,12-15H2,1H3. The van der Waals surface area contributed by atoms with E-state index in [1.165, 1.54) is 5.56 Å². The lowest BCUT2D eigenvalue weighted by atomic mass is 10.1. The molecule has 1 amide bonds. The summed E-state index contributed by atoms with van der Waals surface area (Å²) < 4.78 is 5.87. The van der Waals surface area contributed by atoms with Gasteiger partial charge in [-0.1, -0.05) is 53.6 Å². The van der Waals surface area contributed by atoms with Crippen LogP contribution in [0, 0.1) is 18.3 Å². The number of rotatable bonds is 4. The number of carbonyl (C=O) groups excluding carboxylic acids is 1. The minimum absolute atomic E-state index is 0.0925. The normalized spacial score (nSPS) is 14.1. The molecule has 156 valence electrons. The first kappa shape index (κ1) is 20.7. The van der Waals surface area contributed by atoms with Gasteiger partial charge in [-0.05, 0) is 30.7 Å². The number of nitriles is 1. The molecule has 0 N–H and O–H groups in total. The van der Waals surface area contributed by atoms with Crippen LogP contribution in [0.5, 0.6) is 0 Å². The predicted octanol–water partition coefficient (Wildman–Crippen LogP) is 4.64. The van der Waals surface area contributed by atoms with Gasteiger partial charge in [0.2, 0.25) is 17.5 Å². The minimum Gasteiger partial charge on any atom is -0.420 e. The monoisotopic (exact) mass is 432 g/mol. The molecule has 31 heavy (non-hydrogen) atoms. The fourth-order valence-corrected chi connectivity index (χ4v) is 3.67. The maximum Gasteiger partial charge on any atom is 0.255 e. The van der Waals surface area contributed by atoms with Gasteiger partial charge in [-0.2, -0.15) is 10.2 Å². The Morgan fingerprint density at radius 3 is 2.48 bits per heavy atom. The highest BCUT2D eigenvalue weighted by atomic mass is 35.5. The molecule has 1 fully saturated rings. The summed E-state index contributed by atoms with van der Waals surface area (Å²) in [7, 11) is 0. The van der Waals surface area contributed by atoms with Gasteiger partial charge < -0.3 is 14.2 Å². The molecule has 1 aliphatic heterocycles. The largest absolute Gasteiger partial charge is 0.420 e. The van der Waals surface area contributed by atoms with Crippen LogP contribution >= 0.6 is 11.6 Å². The average Bonchev–Trinajstić information content (AvgIpc) is 3.22. The van der Waals surface area contributed by atoms with E-state index in [0.29, 0.717) is 48.5 Å². The highest BCUT2D eigenvalue weighted by molar-refractivity contribution is 6.33. The Kier molecular flexibility index (Phi) is 6.06. The summed E-state index contributed by atoms with van der Waals surface area (Å²) >= 11 is 6.16. The molecule has 2 aromatic carbocycles. The summed E-state index contributed by atoms with van der Waals surface area (Å²) in [5.74, 6) is 0.725. The zero-order valence-corrected chi connectivity index (χ0v) is 17.8. The summed E-state index contributed by atoms with van der Waals surface area (Å²) in [6, 6.07) is 17.2. The SMILES string of the molecule is Cc1ccc(C=Cc2nc(C#N)c(N3CCN(C(=O)c4ccccc4Cl)CC3)o2)cc1. The Morgan fingerprint density at radius 2 is 1.81 bits per heavy atom. The zero-order valence-electron chi connectivity index (χ0n) is 17.1. The van der Waals surface area contributed by atoms with Crippen LogP contribution in [0.15, 0.2) is 52.9 Å². The van der Waals surface area contributed by atoms with Gasteiger partial charge in [-0.3, -0.25) is 4.79 Å². The third-order valence-electron chi connectivity index (χ3n) is 5.19. The minimum atomic E-state index is -0.0925. The van der Waals surface area contributed by atoms with Crippen molar-refractivity contribution >= 4 is 35.5 Å². The molecule has 6 nitrogen and oxygen atoms in total. The fraction of sp³-hybridized carbons (Fsp3) is 0.208. The fourth-order valence-electron chi connectivity index (χ4n) is 3.45. The van der Waals surface area contributed by atoms with Crippen LogP contribution in [0.3, 0.4) is 0 Å². The van der Waals surface area contributed by atoms with E-state index < -0.39 is 0 Å². The summed E-state index contributed by atoms with van der Waals surface area (Å²) in [5.41, 5.74) is 2.96. The molecule has 3 aromatic rings. The lowest BCUT2D eigenvalue weighted by molar-refractivity contribution is 0.0745. The number of amides is 1. The molecule has 0 radical (unpaired) electrons. The van der Waals surface area contributed by atoms with Gasteiger partial charge in [0.05, 0.1) is 10.6 Å². The molecule has 0 spiro atoms. The summed E-state index contributed by atoms with van der Waals surface area (Å²) in [4.78, 5) is 20.8. The first-order valence-corrected chi connectivity index (χ1v) is 10.4. The summed E-state index contributed by atoms with van der Waals surface area (Å²) in [5, 5.41) is 9.94. The van der Waals surface area contributed by atoms with Gasteiger partial charge in [0.1, 0.15) is 6.07 Å². The second-order valence-electron chi connectivity index (χ2n) is 7.32. The number of aromatic nitrogens is 1. The average molecular weight is 433 g/mol. The highest BCUT2D eigenvalue weighted by Gasteiger charge is 2.27. The number of carbonyl (C=O) groups is 1. The number of piperazine rings is 1. The number of aryl methyl sites for hydroxylation is 1. The first-order valence-electron chi connectivity index (χ1n) is 9.99. The molecule has 0 aliphatic carbocycles. The predicted molar refractivity (Wildman–Crippen MR) is 121 cm³/mol. The maximum absolute atomic E-state index is 12.8. The van der Waals surface area contributed by atoms with Crippen molar-refractivity contribution in [2.45, 2.75) is 6.92 Å². The van der Waals surface area contributed by atoms with E-state index in [-0.39, 0.29) is 11.6 Å². The molecule has 1 aromatic heterocycles. The lowest BCUT2D eigenvalue weighted by Gasteiger charge is -2.34. The Labute approximate surface area is 186 Å². The van der Waals surface area contributed by atoms with Gasteiger partial charge in [0.25, 0.3) is 5.91 Å². The second kappa shape index (κ2) is 9.07. The third-order valence-corrected chi connectivity index (χ3v) is 5.52. The van der Waals surface area contributed by atoms with E-state index in [9.17, 15) is 10.1 Å². The quantitative estimate of drug-likeness (QED) is 0.600. The van der Waals surface area contributed by atoms with Gasteiger partial charge in [-0.25, -0.2) is 0 Å². The van der Waals surface area contributed by atoms with Crippen molar-refractivity contribution in [1.82, 2.24) is 9.88 Å². The molecule has 2 heterocycles. The molecule has 1 aliphatic rings. The van der Waals surface area contributed by atoms with Crippen LogP contribution in [0.4, 0.5) is 5.88 Å². The van der Waals surface area contributed by atoms with Gasteiger partial charge in [0.15, 0.2) is 0 Å². The number of hydrogen-bond donors (Lipinski definition) is 0. The van der Waals surface area contributed by atoms with Crippen LogP contribution in [0.25, 0.3) is 12.2 Å². The van der Waals surface area contributed by atoms with E-state index in [1.807, 2.05) is 42.2 Å². The van der Waals surface area contributed by atoms with Gasteiger partial charge in [0, 0.05) is 32.3 Å². The molecular weight excluding hydrogens is 412 g/mol. The molecule has 0 unspecified atom stereocenters. The van der Waals surface area contributed by atoms with Crippen LogP contribution < -0.4 is 4.90 Å². The lowest BCUT2D eigenvalue weighted by Crippen LogP contribution is -2.49. The van der Waals surface area contributed by atoms with Crippen molar-refractivity contribution in [2.75, 3.05) is 31.1 Å². The Morgan fingerprint density at radius 1 is 1.10 bits per heavy atom. The Balaban J connectivity index is 1.45. The molecule has 1 saturated heterocycles. The maximum atomic E-state index is 12.8. The molecule has 0 atom stereocenters. The van der Waals surface area contributed by atoms with Crippen molar-refractivity contribution in [1.29, 1.82) is 5.26 Å². The van der Waals surface area contributed by atoms with Crippen molar-refractivity contribution in [3.8, 4) is 6.07 Å². The van der Waals surface area contributed by atoms with Crippen molar-refractivity contribution in [3.05, 3.63) is 81.8 Å². The first-order chi connectivity index (χ1) is 15.0.